The Hall–Kier alpha value is -0.610. The minimum Gasteiger partial charge on any atom is -0.327 e. The number of hydrogen-bond acceptors (Lipinski definition) is 2. The van der Waals surface area contributed by atoms with Crippen LogP contribution in [0.4, 0.5) is 8.78 Å². The molecule has 1 nitrogen and oxygen atoms in total. The topological polar surface area (TPSA) is 26.0 Å². The van der Waals surface area contributed by atoms with Crippen molar-refractivity contribution in [2.75, 3.05) is 11.5 Å². The Kier molecular flexibility index (Phi) is 5.05. The molecule has 0 radical (unpaired) electrons. The average Bonchev–Trinajstić information content (AvgIpc) is 2.22. The molecular formula is C11H15F2NS. The molecule has 0 aliphatic carbocycles. The minimum absolute atomic E-state index is 0.119. The van der Waals surface area contributed by atoms with Gasteiger partial charge in [-0.2, -0.15) is 11.8 Å². The van der Waals surface area contributed by atoms with E-state index in [2.05, 4.69) is 0 Å². The van der Waals surface area contributed by atoms with E-state index < -0.39 is 11.6 Å². The number of hydrogen-bond donors (Lipinski definition) is 1. The van der Waals surface area contributed by atoms with Crippen LogP contribution in [0.25, 0.3) is 0 Å². The van der Waals surface area contributed by atoms with Crippen molar-refractivity contribution in [2.45, 2.75) is 19.4 Å². The first-order chi connectivity index (χ1) is 7.15. The summed E-state index contributed by atoms with van der Waals surface area (Å²) < 4.78 is 26.1. The van der Waals surface area contributed by atoms with Gasteiger partial charge in [0.25, 0.3) is 0 Å². The molecule has 4 heteroatoms. The van der Waals surface area contributed by atoms with Crippen LogP contribution in [-0.2, 0) is 6.42 Å². The summed E-state index contributed by atoms with van der Waals surface area (Å²) in [7, 11) is 0. The highest BCUT2D eigenvalue weighted by molar-refractivity contribution is 7.99. The van der Waals surface area contributed by atoms with Gasteiger partial charge >= 0.3 is 0 Å². The van der Waals surface area contributed by atoms with Gasteiger partial charge in [-0.05, 0) is 23.8 Å². The summed E-state index contributed by atoms with van der Waals surface area (Å²) in [6.45, 7) is 2.04. The highest BCUT2D eigenvalue weighted by Gasteiger charge is 2.11. The monoisotopic (exact) mass is 231 g/mol. The molecule has 15 heavy (non-hydrogen) atoms. The van der Waals surface area contributed by atoms with Crippen molar-refractivity contribution in [1.29, 1.82) is 0 Å². The van der Waals surface area contributed by atoms with E-state index in [0.29, 0.717) is 12.0 Å². The summed E-state index contributed by atoms with van der Waals surface area (Å²) in [4.78, 5) is 0. The lowest BCUT2D eigenvalue weighted by Gasteiger charge is -2.11. The summed E-state index contributed by atoms with van der Waals surface area (Å²) in [6, 6.07) is 4.08. The average molecular weight is 231 g/mol. The van der Waals surface area contributed by atoms with E-state index in [0.717, 1.165) is 17.6 Å². The second kappa shape index (κ2) is 6.08. The summed E-state index contributed by atoms with van der Waals surface area (Å²) in [5.41, 5.74) is 6.16. The van der Waals surface area contributed by atoms with Crippen LogP contribution in [0.15, 0.2) is 18.2 Å². The Balaban J connectivity index is 2.60. The van der Waals surface area contributed by atoms with Crippen LogP contribution in [0.1, 0.15) is 12.5 Å². The molecule has 0 heterocycles. The van der Waals surface area contributed by atoms with Crippen molar-refractivity contribution in [3.8, 4) is 0 Å². The number of thioether (sulfide) groups is 1. The molecule has 1 rings (SSSR count). The highest BCUT2D eigenvalue weighted by Crippen LogP contribution is 2.14. The lowest BCUT2D eigenvalue weighted by Crippen LogP contribution is -2.26. The van der Waals surface area contributed by atoms with E-state index >= 15 is 0 Å². The Morgan fingerprint density at radius 1 is 1.40 bits per heavy atom. The molecule has 0 amide bonds. The molecule has 0 fully saturated rings. The van der Waals surface area contributed by atoms with E-state index in [9.17, 15) is 8.78 Å². The number of nitrogens with two attached hydrogens (primary N) is 1. The number of benzene rings is 1. The van der Waals surface area contributed by atoms with Crippen LogP contribution in [0.3, 0.4) is 0 Å². The fourth-order valence-electron chi connectivity index (χ4n) is 1.32. The number of rotatable bonds is 5. The Labute approximate surface area is 93.1 Å². The predicted molar refractivity (Wildman–Crippen MR) is 61.0 cm³/mol. The second-order valence-electron chi connectivity index (χ2n) is 3.34. The van der Waals surface area contributed by atoms with Crippen molar-refractivity contribution in [1.82, 2.24) is 0 Å². The number of halogens is 2. The maximum Gasteiger partial charge on any atom is 0.162 e. The summed E-state index contributed by atoms with van der Waals surface area (Å²) in [6.07, 6.45) is 0.386. The Bertz CT molecular complexity index is 317. The fourth-order valence-corrected chi connectivity index (χ4v) is 1.97. The predicted octanol–water partition coefficient (Wildman–Crippen LogP) is 2.59. The van der Waals surface area contributed by atoms with E-state index in [-0.39, 0.29) is 6.04 Å². The Morgan fingerprint density at radius 3 is 2.80 bits per heavy atom. The highest BCUT2D eigenvalue weighted by atomic mass is 32.2. The van der Waals surface area contributed by atoms with Crippen LogP contribution < -0.4 is 5.73 Å². The summed E-state index contributed by atoms with van der Waals surface area (Å²) >= 11 is 1.70. The molecule has 0 saturated heterocycles. The lowest BCUT2D eigenvalue weighted by atomic mass is 10.1. The molecule has 0 spiro atoms. The summed E-state index contributed by atoms with van der Waals surface area (Å²) in [5.74, 6) is 0.184. The summed E-state index contributed by atoms with van der Waals surface area (Å²) in [5, 5.41) is 0. The van der Waals surface area contributed by atoms with Gasteiger partial charge in [0.2, 0.25) is 0 Å². The first-order valence-corrected chi connectivity index (χ1v) is 6.06. The quantitative estimate of drug-likeness (QED) is 0.843. The molecule has 0 aromatic heterocycles. The normalized spacial score (nSPS) is 12.8. The zero-order valence-electron chi connectivity index (χ0n) is 8.67. The molecule has 1 atom stereocenters. The fraction of sp³-hybridized carbons (Fsp3) is 0.455. The third kappa shape index (κ3) is 3.80. The van der Waals surface area contributed by atoms with Gasteiger partial charge in [0, 0.05) is 11.8 Å². The molecule has 0 aliphatic rings. The maximum atomic E-state index is 13.2. The minimum atomic E-state index is -0.803. The van der Waals surface area contributed by atoms with Crippen molar-refractivity contribution in [3.63, 3.8) is 0 Å². The van der Waals surface area contributed by atoms with Crippen molar-refractivity contribution in [2.24, 2.45) is 5.73 Å². The van der Waals surface area contributed by atoms with Crippen molar-refractivity contribution in [3.05, 3.63) is 35.4 Å². The van der Waals surface area contributed by atoms with Gasteiger partial charge in [-0.15, -0.1) is 0 Å². The second-order valence-corrected chi connectivity index (χ2v) is 4.66. The molecule has 1 unspecified atom stereocenters. The molecule has 84 valence electrons. The SMILES string of the molecule is CCSCC(N)Cc1cccc(F)c1F. The van der Waals surface area contributed by atoms with E-state index in [1.54, 1.807) is 17.8 Å². The molecule has 0 aliphatic heterocycles. The maximum absolute atomic E-state index is 13.2. The Morgan fingerprint density at radius 2 is 2.13 bits per heavy atom. The van der Waals surface area contributed by atoms with Crippen LogP contribution in [0.5, 0.6) is 0 Å². The van der Waals surface area contributed by atoms with Gasteiger partial charge in [-0.3, -0.25) is 0 Å². The van der Waals surface area contributed by atoms with Crippen LogP contribution in [0.2, 0.25) is 0 Å². The molecule has 0 bridgehead atoms. The van der Waals surface area contributed by atoms with E-state index in [4.69, 9.17) is 5.73 Å². The van der Waals surface area contributed by atoms with Gasteiger partial charge in [-0.25, -0.2) is 8.78 Å². The largest absolute Gasteiger partial charge is 0.327 e. The molecule has 1 aromatic rings. The first kappa shape index (κ1) is 12.5. The zero-order valence-corrected chi connectivity index (χ0v) is 9.49. The standard InChI is InChI=1S/C11H15F2NS/c1-2-15-7-9(14)6-8-4-3-5-10(12)11(8)13/h3-5,9H,2,6-7,14H2,1H3. The molecular weight excluding hydrogens is 216 g/mol. The first-order valence-electron chi connectivity index (χ1n) is 4.91. The van der Waals surface area contributed by atoms with E-state index in [1.807, 2.05) is 6.92 Å². The van der Waals surface area contributed by atoms with Gasteiger partial charge in [-0.1, -0.05) is 19.1 Å². The third-order valence-corrected chi connectivity index (χ3v) is 3.12. The lowest BCUT2D eigenvalue weighted by molar-refractivity contribution is 0.495. The van der Waals surface area contributed by atoms with Crippen molar-refractivity contribution >= 4 is 11.8 Å². The molecule has 1 aromatic carbocycles. The van der Waals surface area contributed by atoms with Gasteiger partial charge in [0.15, 0.2) is 11.6 Å². The van der Waals surface area contributed by atoms with Gasteiger partial charge in [0.1, 0.15) is 0 Å². The van der Waals surface area contributed by atoms with Gasteiger partial charge in [0.05, 0.1) is 0 Å². The molecule has 2 N–H and O–H groups in total. The van der Waals surface area contributed by atoms with Crippen LogP contribution in [0, 0.1) is 11.6 Å². The van der Waals surface area contributed by atoms with Crippen LogP contribution >= 0.6 is 11.8 Å². The van der Waals surface area contributed by atoms with E-state index in [1.165, 1.54) is 6.07 Å². The smallest absolute Gasteiger partial charge is 0.162 e. The van der Waals surface area contributed by atoms with Crippen LogP contribution in [-0.4, -0.2) is 17.5 Å². The van der Waals surface area contributed by atoms with Crippen molar-refractivity contribution < 1.29 is 8.78 Å². The van der Waals surface area contributed by atoms with Gasteiger partial charge < -0.3 is 5.73 Å². The third-order valence-electron chi connectivity index (χ3n) is 2.05. The molecule has 0 saturated carbocycles. The zero-order chi connectivity index (χ0) is 11.3.